The molecule has 0 aliphatic carbocycles. The molecule has 12 heteroatoms. The summed E-state index contributed by atoms with van der Waals surface area (Å²) in [5.41, 5.74) is -1.56. The Balaban J connectivity index is 4.19. The van der Waals surface area contributed by atoms with Crippen LogP contribution in [0, 0.1) is 5.41 Å². The van der Waals surface area contributed by atoms with Crippen molar-refractivity contribution in [2.45, 2.75) is 82.8 Å². The quantitative estimate of drug-likeness (QED) is 0.0605. The SMILES string of the molecule is CC/C=C/C/C=C/C/C=C/CCCCCCCC(=O)OCC(CO)(CO)COC(=O)CC(C(=O)O)S(=O)(=O)O. The first kappa shape index (κ1) is 36.5. The molecule has 0 aromatic heterocycles. The summed E-state index contributed by atoms with van der Waals surface area (Å²) in [5.74, 6) is -3.78. The van der Waals surface area contributed by atoms with Gasteiger partial charge in [0.15, 0.2) is 5.25 Å². The number of aliphatic carboxylic acids is 1. The molecular weight excluding hydrogens is 532 g/mol. The van der Waals surface area contributed by atoms with Gasteiger partial charge in [0.2, 0.25) is 0 Å². The van der Waals surface area contributed by atoms with Crippen LogP contribution < -0.4 is 0 Å². The molecule has 39 heavy (non-hydrogen) atoms. The minimum absolute atomic E-state index is 0.140. The Kier molecular flexibility index (Phi) is 19.9. The van der Waals surface area contributed by atoms with Crippen LogP contribution in [0.2, 0.25) is 0 Å². The Labute approximate surface area is 231 Å². The Morgan fingerprint density at radius 2 is 1.31 bits per heavy atom. The summed E-state index contributed by atoms with van der Waals surface area (Å²) in [6.07, 6.45) is 20.4. The standard InChI is InChI=1S/C27H44O11S/c1-2-3-4-5-6-7-8-9-10-11-12-13-14-15-16-17-24(30)37-21-27(19-28,20-29)22-38-25(31)18-23(26(32)33)39(34,35)36/h3-4,6-7,9-10,23,28-29H,2,5,8,11-22H2,1H3,(H,32,33)(H,34,35,36)/b4-3+,7-6+,10-9+. The maximum absolute atomic E-state index is 12.1. The van der Waals surface area contributed by atoms with Crippen LogP contribution in [0.1, 0.15) is 77.6 Å². The summed E-state index contributed by atoms with van der Waals surface area (Å²) < 4.78 is 41.0. The Morgan fingerprint density at radius 1 is 0.795 bits per heavy atom. The second kappa shape index (κ2) is 21.3. The first-order chi connectivity index (χ1) is 18.5. The Hall–Kier alpha value is -2.54. The molecule has 0 amide bonds. The van der Waals surface area contributed by atoms with E-state index in [0.29, 0.717) is 6.42 Å². The molecule has 0 saturated heterocycles. The fourth-order valence-electron chi connectivity index (χ4n) is 3.23. The van der Waals surface area contributed by atoms with E-state index in [4.69, 9.17) is 19.1 Å². The van der Waals surface area contributed by atoms with Gasteiger partial charge in [-0.1, -0.05) is 62.6 Å². The lowest BCUT2D eigenvalue weighted by molar-refractivity contribution is -0.160. The van der Waals surface area contributed by atoms with Gasteiger partial charge in [-0.15, -0.1) is 0 Å². The molecule has 0 bridgehead atoms. The van der Waals surface area contributed by atoms with Crippen molar-refractivity contribution in [2.75, 3.05) is 26.4 Å². The molecular formula is C27H44O11S. The molecule has 0 aliphatic rings. The molecule has 0 radical (unpaired) electrons. The van der Waals surface area contributed by atoms with Crippen LogP contribution in [0.25, 0.3) is 0 Å². The molecule has 1 atom stereocenters. The average Bonchev–Trinajstić information content (AvgIpc) is 2.89. The normalized spacial score (nSPS) is 13.3. The lowest BCUT2D eigenvalue weighted by atomic mass is 9.92. The third-order valence-corrected chi connectivity index (χ3v) is 6.86. The molecule has 11 nitrogen and oxygen atoms in total. The van der Waals surface area contributed by atoms with Crippen molar-refractivity contribution in [3.05, 3.63) is 36.5 Å². The van der Waals surface area contributed by atoms with Gasteiger partial charge < -0.3 is 24.8 Å². The van der Waals surface area contributed by atoms with Crippen LogP contribution in [0.3, 0.4) is 0 Å². The zero-order valence-corrected chi connectivity index (χ0v) is 23.5. The topological polar surface area (TPSA) is 185 Å². The summed E-state index contributed by atoms with van der Waals surface area (Å²) >= 11 is 0. The van der Waals surface area contributed by atoms with Crippen LogP contribution in [0.5, 0.6) is 0 Å². The van der Waals surface area contributed by atoms with E-state index in [2.05, 4.69) is 43.4 Å². The monoisotopic (exact) mass is 576 g/mol. The van der Waals surface area contributed by atoms with Gasteiger partial charge in [-0.05, 0) is 38.5 Å². The molecule has 0 rings (SSSR count). The van der Waals surface area contributed by atoms with Crippen molar-refractivity contribution < 1.29 is 52.1 Å². The van der Waals surface area contributed by atoms with Gasteiger partial charge in [0.1, 0.15) is 13.2 Å². The summed E-state index contributed by atoms with van der Waals surface area (Å²) in [4.78, 5) is 34.8. The van der Waals surface area contributed by atoms with Crippen LogP contribution in [-0.2, 0) is 34.0 Å². The number of rotatable bonds is 23. The number of allylic oxidation sites excluding steroid dienone is 6. The zero-order chi connectivity index (χ0) is 29.6. The number of carboxylic acid groups (broad SMARTS) is 1. The maximum atomic E-state index is 12.1. The second-order valence-electron chi connectivity index (χ2n) is 9.28. The van der Waals surface area contributed by atoms with Crippen molar-refractivity contribution in [1.29, 1.82) is 0 Å². The van der Waals surface area contributed by atoms with E-state index in [-0.39, 0.29) is 6.42 Å². The number of hydrogen-bond acceptors (Lipinski definition) is 9. The number of carboxylic acids is 1. The highest BCUT2D eigenvalue weighted by Gasteiger charge is 2.36. The number of aliphatic hydroxyl groups excluding tert-OH is 2. The summed E-state index contributed by atoms with van der Waals surface area (Å²) in [7, 11) is -5.05. The van der Waals surface area contributed by atoms with Gasteiger partial charge in [-0.3, -0.25) is 18.9 Å². The molecule has 1 unspecified atom stereocenters. The number of carbonyl (C=O) groups is 3. The molecule has 4 N–H and O–H groups in total. The highest BCUT2D eigenvalue weighted by atomic mass is 32.2. The van der Waals surface area contributed by atoms with Crippen molar-refractivity contribution in [2.24, 2.45) is 5.41 Å². The number of carbonyl (C=O) groups excluding carboxylic acids is 2. The highest BCUT2D eigenvalue weighted by molar-refractivity contribution is 7.87. The van der Waals surface area contributed by atoms with Crippen molar-refractivity contribution in [3.63, 3.8) is 0 Å². The smallest absolute Gasteiger partial charge is 0.325 e. The molecule has 0 aromatic rings. The van der Waals surface area contributed by atoms with Crippen molar-refractivity contribution >= 4 is 28.0 Å². The molecule has 0 fully saturated rings. The van der Waals surface area contributed by atoms with Gasteiger partial charge in [-0.2, -0.15) is 8.42 Å². The van der Waals surface area contributed by atoms with Gasteiger partial charge >= 0.3 is 17.9 Å². The number of ether oxygens (including phenoxy) is 2. The van der Waals surface area contributed by atoms with Crippen molar-refractivity contribution in [3.8, 4) is 0 Å². The van der Waals surface area contributed by atoms with Gasteiger partial charge in [-0.25, -0.2) is 0 Å². The van der Waals surface area contributed by atoms with Gasteiger partial charge in [0.25, 0.3) is 10.1 Å². The molecule has 0 heterocycles. The summed E-state index contributed by atoms with van der Waals surface area (Å²) in [5, 5.41) is 25.7. The molecule has 0 spiro atoms. The zero-order valence-electron chi connectivity index (χ0n) is 22.7. The van der Waals surface area contributed by atoms with Gasteiger partial charge in [0, 0.05) is 6.42 Å². The maximum Gasteiger partial charge on any atom is 0.325 e. The minimum atomic E-state index is -5.05. The summed E-state index contributed by atoms with van der Waals surface area (Å²) in [6, 6.07) is 0. The van der Waals surface area contributed by atoms with E-state index < -0.39 is 71.5 Å². The van der Waals surface area contributed by atoms with Crippen LogP contribution in [0.15, 0.2) is 36.5 Å². The van der Waals surface area contributed by atoms with Gasteiger partial charge in [0.05, 0.1) is 25.0 Å². The van der Waals surface area contributed by atoms with E-state index in [0.717, 1.165) is 51.4 Å². The third kappa shape index (κ3) is 18.4. The predicted molar refractivity (Wildman–Crippen MR) is 145 cm³/mol. The van der Waals surface area contributed by atoms with E-state index in [1.165, 1.54) is 0 Å². The van der Waals surface area contributed by atoms with Crippen molar-refractivity contribution in [1.82, 2.24) is 0 Å². The lowest BCUT2D eigenvalue weighted by Gasteiger charge is -2.28. The lowest BCUT2D eigenvalue weighted by Crippen LogP contribution is -2.41. The van der Waals surface area contributed by atoms with E-state index >= 15 is 0 Å². The highest BCUT2D eigenvalue weighted by Crippen LogP contribution is 2.19. The summed E-state index contributed by atoms with van der Waals surface area (Å²) in [6.45, 7) is -0.481. The molecule has 224 valence electrons. The van der Waals surface area contributed by atoms with Crippen LogP contribution in [-0.4, -0.2) is 77.9 Å². The largest absolute Gasteiger partial charge is 0.480 e. The van der Waals surface area contributed by atoms with Crippen LogP contribution >= 0.6 is 0 Å². The number of esters is 2. The number of unbranched alkanes of at least 4 members (excludes halogenated alkanes) is 5. The Bertz CT molecular complexity index is 903. The number of aliphatic hydroxyl groups is 2. The van der Waals surface area contributed by atoms with E-state index in [9.17, 15) is 33.0 Å². The fourth-order valence-corrected chi connectivity index (χ4v) is 3.83. The first-order valence-corrected chi connectivity index (χ1v) is 14.7. The third-order valence-electron chi connectivity index (χ3n) is 5.77. The fraction of sp³-hybridized carbons (Fsp3) is 0.667. The number of hydrogen-bond donors (Lipinski definition) is 4. The Morgan fingerprint density at radius 3 is 1.85 bits per heavy atom. The second-order valence-corrected chi connectivity index (χ2v) is 10.9. The molecule has 0 aromatic carbocycles. The average molecular weight is 577 g/mol. The first-order valence-electron chi connectivity index (χ1n) is 13.2. The van der Waals surface area contributed by atoms with Crippen LogP contribution in [0.4, 0.5) is 0 Å². The van der Waals surface area contributed by atoms with E-state index in [1.807, 2.05) is 0 Å². The minimum Gasteiger partial charge on any atom is -0.480 e. The predicted octanol–water partition coefficient (Wildman–Crippen LogP) is 3.36. The molecule has 0 saturated carbocycles. The molecule has 0 aliphatic heterocycles. The van der Waals surface area contributed by atoms with E-state index in [1.54, 1.807) is 0 Å².